The molecule has 5 heteroatoms. The van der Waals surface area contributed by atoms with Crippen molar-refractivity contribution >= 4 is 33.0 Å². The van der Waals surface area contributed by atoms with Gasteiger partial charge in [-0.05, 0) is 47.3 Å². The van der Waals surface area contributed by atoms with Crippen LogP contribution in [0.5, 0.6) is 0 Å². The number of Topliss-reactive ketones (excluding diaryl/α,β-unsaturated/α-hetero) is 1. The first-order valence-electron chi connectivity index (χ1n) is 5.41. The number of hydrogen-bond acceptors (Lipinski definition) is 3. The lowest BCUT2D eigenvalue weighted by atomic mass is 10.2. The third kappa shape index (κ3) is 2.66. The fourth-order valence-electron chi connectivity index (χ4n) is 1.70. The highest BCUT2D eigenvalue weighted by Crippen LogP contribution is 2.24. The van der Waals surface area contributed by atoms with Crippen molar-refractivity contribution in [3.05, 3.63) is 38.3 Å². The molecule has 0 radical (unpaired) electrons. The van der Waals surface area contributed by atoms with Gasteiger partial charge in [0.15, 0.2) is 5.78 Å². The van der Waals surface area contributed by atoms with Gasteiger partial charge in [-0.25, -0.2) is 0 Å². The SMILES string of the molecule is CCn1nc(C)cc1C(=O)Cc1sccc1Br. The number of nitrogens with zero attached hydrogens (tertiary/aromatic N) is 2. The van der Waals surface area contributed by atoms with Crippen molar-refractivity contribution in [2.45, 2.75) is 26.8 Å². The maximum absolute atomic E-state index is 12.2. The van der Waals surface area contributed by atoms with Gasteiger partial charge in [-0.2, -0.15) is 5.10 Å². The molecule has 0 spiro atoms. The first-order chi connectivity index (χ1) is 8.11. The predicted octanol–water partition coefficient (Wildman–Crippen LogP) is 3.46. The molecule has 0 unspecified atom stereocenters. The normalized spacial score (nSPS) is 10.8. The van der Waals surface area contributed by atoms with E-state index < -0.39 is 0 Å². The second kappa shape index (κ2) is 5.14. The topological polar surface area (TPSA) is 34.9 Å². The quantitative estimate of drug-likeness (QED) is 0.810. The van der Waals surface area contributed by atoms with Crippen molar-refractivity contribution in [3.8, 4) is 0 Å². The Bertz CT molecular complexity index is 544. The third-order valence-corrected chi connectivity index (χ3v) is 4.43. The van der Waals surface area contributed by atoms with Crippen LogP contribution in [0.25, 0.3) is 0 Å². The van der Waals surface area contributed by atoms with Crippen LogP contribution in [0.15, 0.2) is 22.0 Å². The zero-order valence-corrected chi connectivity index (χ0v) is 12.1. The molecule has 0 bridgehead atoms. The zero-order chi connectivity index (χ0) is 12.4. The minimum Gasteiger partial charge on any atom is -0.292 e. The molecule has 0 N–H and O–H groups in total. The van der Waals surface area contributed by atoms with Crippen LogP contribution in [0.1, 0.15) is 28.0 Å². The molecule has 2 rings (SSSR count). The summed E-state index contributed by atoms with van der Waals surface area (Å²) in [6.45, 7) is 4.62. The molecule has 0 aliphatic heterocycles. The van der Waals surface area contributed by atoms with Gasteiger partial charge in [0.2, 0.25) is 0 Å². The fraction of sp³-hybridized carbons (Fsp3) is 0.333. The van der Waals surface area contributed by atoms with Gasteiger partial charge in [0.05, 0.1) is 5.69 Å². The minimum absolute atomic E-state index is 0.121. The Morgan fingerprint density at radius 2 is 2.35 bits per heavy atom. The summed E-state index contributed by atoms with van der Waals surface area (Å²) in [6, 6.07) is 3.82. The van der Waals surface area contributed by atoms with Gasteiger partial charge in [-0.15, -0.1) is 11.3 Å². The lowest BCUT2D eigenvalue weighted by Crippen LogP contribution is -2.11. The van der Waals surface area contributed by atoms with Crippen molar-refractivity contribution in [1.82, 2.24) is 9.78 Å². The van der Waals surface area contributed by atoms with E-state index in [0.29, 0.717) is 12.1 Å². The van der Waals surface area contributed by atoms with E-state index in [1.165, 1.54) is 0 Å². The van der Waals surface area contributed by atoms with Gasteiger partial charge in [0, 0.05) is 22.3 Å². The van der Waals surface area contributed by atoms with E-state index in [1.807, 2.05) is 31.4 Å². The molecule has 0 fully saturated rings. The molecule has 2 heterocycles. The first kappa shape index (κ1) is 12.5. The molecular formula is C12H13BrN2OS. The van der Waals surface area contributed by atoms with E-state index in [-0.39, 0.29) is 5.78 Å². The molecular weight excluding hydrogens is 300 g/mol. The van der Waals surface area contributed by atoms with Crippen LogP contribution in [-0.2, 0) is 13.0 Å². The smallest absolute Gasteiger partial charge is 0.186 e. The highest BCUT2D eigenvalue weighted by atomic mass is 79.9. The number of rotatable bonds is 4. The van der Waals surface area contributed by atoms with E-state index in [2.05, 4.69) is 21.0 Å². The van der Waals surface area contributed by atoms with Crippen molar-refractivity contribution in [3.63, 3.8) is 0 Å². The summed E-state index contributed by atoms with van der Waals surface area (Å²) in [4.78, 5) is 13.2. The van der Waals surface area contributed by atoms with Crippen LogP contribution >= 0.6 is 27.3 Å². The maximum Gasteiger partial charge on any atom is 0.186 e. The van der Waals surface area contributed by atoms with Gasteiger partial charge in [-0.3, -0.25) is 9.48 Å². The number of carbonyl (C=O) groups is 1. The highest BCUT2D eigenvalue weighted by Gasteiger charge is 2.15. The van der Waals surface area contributed by atoms with Gasteiger partial charge in [0.1, 0.15) is 5.69 Å². The van der Waals surface area contributed by atoms with E-state index in [1.54, 1.807) is 16.0 Å². The van der Waals surface area contributed by atoms with Crippen LogP contribution < -0.4 is 0 Å². The average Bonchev–Trinajstić information content (AvgIpc) is 2.85. The predicted molar refractivity (Wildman–Crippen MR) is 72.7 cm³/mol. The minimum atomic E-state index is 0.121. The maximum atomic E-state index is 12.2. The Hall–Kier alpha value is -0.940. The van der Waals surface area contributed by atoms with Crippen molar-refractivity contribution in [2.24, 2.45) is 0 Å². The molecule has 2 aromatic rings. The molecule has 90 valence electrons. The van der Waals surface area contributed by atoms with Gasteiger partial charge in [-0.1, -0.05) is 0 Å². The third-order valence-electron chi connectivity index (χ3n) is 2.50. The number of hydrogen-bond donors (Lipinski definition) is 0. The molecule has 0 aliphatic carbocycles. The van der Waals surface area contributed by atoms with Crippen molar-refractivity contribution in [2.75, 3.05) is 0 Å². The summed E-state index contributed by atoms with van der Waals surface area (Å²) in [6.07, 6.45) is 0.434. The molecule has 0 saturated heterocycles. The van der Waals surface area contributed by atoms with Gasteiger partial charge in [0.25, 0.3) is 0 Å². The molecule has 0 aromatic carbocycles. The van der Waals surface area contributed by atoms with Crippen LogP contribution in [0.2, 0.25) is 0 Å². The number of aryl methyl sites for hydroxylation is 2. The van der Waals surface area contributed by atoms with E-state index in [9.17, 15) is 4.79 Å². The molecule has 0 aliphatic rings. The summed E-state index contributed by atoms with van der Waals surface area (Å²) < 4.78 is 2.77. The second-order valence-corrected chi connectivity index (χ2v) is 5.63. The standard InChI is InChI=1S/C12H13BrN2OS/c1-3-15-10(6-8(2)14-15)11(16)7-12-9(13)4-5-17-12/h4-6H,3,7H2,1-2H3. The van der Waals surface area contributed by atoms with E-state index in [4.69, 9.17) is 0 Å². The summed E-state index contributed by atoms with van der Waals surface area (Å²) in [7, 11) is 0. The van der Waals surface area contributed by atoms with Crippen LogP contribution in [-0.4, -0.2) is 15.6 Å². The lowest BCUT2D eigenvalue weighted by Gasteiger charge is -2.02. The molecule has 2 aromatic heterocycles. The van der Waals surface area contributed by atoms with Crippen molar-refractivity contribution in [1.29, 1.82) is 0 Å². The van der Waals surface area contributed by atoms with Crippen LogP contribution in [0.4, 0.5) is 0 Å². The molecule has 0 saturated carbocycles. The Morgan fingerprint density at radius 3 is 2.94 bits per heavy atom. The summed E-state index contributed by atoms with van der Waals surface area (Å²) in [5, 5.41) is 6.27. The van der Waals surface area contributed by atoms with Crippen LogP contribution in [0.3, 0.4) is 0 Å². The van der Waals surface area contributed by atoms with Gasteiger partial charge >= 0.3 is 0 Å². The van der Waals surface area contributed by atoms with Crippen molar-refractivity contribution < 1.29 is 4.79 Å². The Morgan fingerprint density at radius 1 is 1.59 bits per heavy atom. The lowest BCUT2D eigenvalue weighted by molar-refractivity contribution is 0.0983. The Balaban J connectivity index is 2.23. The monoisotopic (exact) mass is 312 g/mol. The highest BCUT2D eigenvalue weighted by molar-refractivity contribution is 9.10. The number of carbonyl (C=O) groups excluding carboxylic acids is 1. The average molecular weight is 313 g/mol. The number of aromatic nitrogens is 2. The summed E-state index contributed by atoms with van der Waals surface area (Å²) in [5.74, 6) is 0.121. The Labute approximate surface area is 113 Å². The second-order valence-electron chi connectivity index (χ2n) is 3.78. The zero-order valence-electron chi connectivity index (χ0n) is 9.74. The summed E-state index contributed by atoms with van der Waals surface area (Å²) in [5.41, 5.74) is 1.59. The Kier molecular flexibility index (Phi) is 3.79. The van der Waals surface area contributed by atoms with E-state index in [0.717, 1.165) is 21.6 Å². The molecule has 0 amide bonds. The van der Waals surface area contributed by atoms with E-state index >= 15 is 0 Å². The molecule has 0 atom stereocenters. The number of thiophene rings is 1. The fourth-order valence-corrected chi connectivity index (χ4v) is 3.19. The van der Waals surface area contributed by atoms with Crippen LogP contribution in [0, 0.1) is 6.92 Å². The number of halogens is 1. The number of ketones is 1. The van der Waals surface area contributed by atoms with Gasteiger partial charge < -0.3 is 0 Å². The first-order valence-corrected chi connectivity index (χ1v) is 7.08. The molecule has 3 nitrogen and oxygen atoms in total. The largest absolute Gasteiger partial charge is 0.292 e. The summed E-state index contributed by atoms with van der Waals surface area (Å²) >= 11 is 5.04. The molecule has 17 heavy (non-hydrogen) atoms.